The predicted octanol–water partition coefficient (Wildman–Crippen LogP) is 3.30. The molecule has 2 spiro atoms. The molecular weight excluding hydrogens is 763 g/mol. The van der Waals surface area contributed by atoms with Crippen LogP contribution in [0.5, 0.6) is 11.5 Å². The van der Waals surface area contributed by atoms with Crippen LogP contribution in [0.25, 0.3) is 11.0 Å². The zero-order chi connectivity index (χ0) is 39.1. The van der Waals surface area contributed by atoms with Gasteiger partial charge in [-0.1, -0.05) is 58.6 Å². The van der Waals surface area contributed by atoms with Crippen LogP contribution in [0.4, 0.5) is 0 Å². The van der Waals surface area contributed by atoms with Gasteiger partial charge in [0.15, 0.2) is 16.9 Å². The summed E-state index contributed by atoms with van der Waals surface area (Å²) in [7, 11) is 3.28. The zero-order valence-electron chi connectivity index (χ0n) is 31.6. The third-order valence-corrected chi connectivity index (χ3v) is 17.7. The van der Waals surface area contributed by atoms with Crippen molar-refractivity contribution in [3.05, 3.63) is 47.8 Å². The summed E-state index contributed by atoms with van der Waals surface area (Å²) in [6.07, 6.45) is 9.15. The lowest BCUT2D eigenvalue weighted by Crippen LogP contribution is -2.91. The van der Waals surface area contributed by atoms with Crippen LogP contribution in [-0.2, 0) is 20.7 Å². The van der Waals surface area contributed by atoms with Crippen molar-refractivity contribution in [3.8, 4) is 11.5 Å². The van der Waals surface area contributed by atoms with Gasteiger partial charge in [0.05, 0.1) is 30.8 Å². The zero-order valence-corrected chi connectivity index (χ0v) is 33.2. The average Bonchev–Trinajstić information content (AvgIpc) is 3.66. The molecule has 2 aromatic rings. The van der Waals surface area contributed by atoms with E-state index in [1.54, 1.807) is 59.1 Å². The van der Waals surface area contributed by atoms with E-state index >= 15 is 0 Å². The smallest absolute Gasteiger partial charge is 0.306 e. The SMILES string of the molecule is CCOC(=O)CCc1cc2ccoc2c2c1OC13C=C4CCC(CNCC5(CCCCC5)SSC4C(CO)(O1)C1(O)CC4C=CC(O)C(CO)C4C3(O)C1O)O2. The first kappa shape index (κ1) is 39.2. The maximum atomic E-state index is 13.6. The Kier molecular flexibility index (Phi) is 10.1. The monoisotopic (exact) mass is 815 g/mol. The van der Waals surface area contributed by atoms with Crippen LogP contribution in [0, 0.1) is 17.8 Å². The number of ether oxygens (including phenoxy) is 4. The molecule has 0 amide bonds. The summed E-state index contributed by atoms with van der Waals surface area (Å²) < 4.78 is 32.6. The Morgan fingerprint density at radius 3 is 2.70 bits per heavy atom. The Morgan fingerprint density at radius 2 is 1.93 bits per heavy atom. The van der Waals surface area contributed by atoms with Crippen molar-refractivity contribution in [3.63, 3.8) is 0 Å². The fraction of sp³-hybridized carbons (Fsp3) is 0.683. The summed E-state index contributed by atoms with van der Waals surface area (Å²) in [5, 5.41) is 77.2. The molecule has 15 heteroatoms. The summed E-state index contributed by atoms with van der Waals surface area (Å²) in [6, 6.07) is 3.62. The number of aliphatic hydroxyl groups is 6. The number of aryl methyl sites for hydroxylation is 1. The maximum Gasteiger partial charge on any atom is 0.306 e. The van der Waals surface area contributed by atoms with Gasteiger partial charge in [0.25, 0.3) is 5.79 Å². The van der Waals surface area contributed by atoms with Crippen molar-refractivity contribution in [2.24, 2.45) is 17.8 Å². The van der Waals surface area contributed by atoms with E-state index in [0.717, 1.165) is 37.7 Å². The first-order valence-corrected chi connectivity index (χ1v) is 22.4. The number of carbonyl (C=O) groups excluding carboxylic acids is 1. The van der Waals surface area contributed by atoms with Crippen LogP contribution in [0.15, 0.2) is 46.6 Å². The predicted molar refractivity (Wildman–Crippen MR) is 208 cm³/mol. The molecule has 56 heavy (non-hydrogen) atoms. The minimum absolute atomic E-state index is 0.00750. The number of esters is 1. The van der Waals surface area contributed by atoms with Crippen molar-refractivity contribution in [2.75, 3.05) is 32.9 Å². The van der Waals surface area contributed by atoms with E-state index in [0.29, 0.717) is 42.5 Å². The highest BCUT2D eigenvalue weighted by atomic mass is 33.1. The number of aliphatic hydroxyl groups excluding tert-OH is 4. The van der Waals surface area contributed by atoms with Gasteiger partial charge < -0.3 is 59.3 Å². The molecule has 2 saturated heterocycles. The van der Waals surface area contributed by atoms with Crippen molar-refractivity contribution >= 4 is 38.5 Å². The second-order valence-corrected chi connectivity index (χ2v) is 19.7. The molecule has 1 aromatic carbocycles. The second kappa shape index (κ2) is 14.5. The minimum Gasteiger partial charge on any atom is -0.482 e. The largest absolute Gasteiger partial charge is 0.482 e. The van der Waals surface area contributed by atoms with Gasteiger partial charge in [0.2, 0.25) is 5.75 Å². The van der Waals surface area contributed by atoms with E-state index in [-0.39, 0.29) is 42.1 Å². The molecule has 4 aliphatic heterocycles. The lowest BCUT2D eigenvalue weighted by atomic mass is 9.47. The number of benzene rings is 1. The summed E-state index contributed by atoms with van der Waals surface area (Å²) in [5.74, 6) is -5.13. The number of fused-ring (bicyclic) bond motifs is 12. The molecule has 5 heterocycles. The summed E-state index contributed by atoms with van der Waals surface area (Å²) >= 11 is 0. The highest BCUT2D eigenvalue weighted by molar-refractivity contribution is 8.77. The Labute approximate surface area is 333 Å². The Balaban J connectivity index is 1.32. The van der Waals surface area contributed by atoms with Gasteiger partial charge in [0, 0.05) is 48.1 Å². The van der Waals surface area contributed by atoms with Crippen molar-refractivity contribution in [1.29, 1.82) is 0 Å². The molecule has 306 valence electrons. The first-order valence-electron chi connectivity index (χ1n) is 20.2. The van der Waals surface area contributed by atoms with Gasteiger partial charge in [0.1, 0.15) is 23.4 Å². The van der Waals surface area contributed by atoms with E-state index < -0.39 is 83.1 Å². The van der Waals surface area contributed by atoms with E-state index in [1.165, 1.54) is 0 Å². The maximum absolute atomic E-state index is 13.6. The molecule has 3 aliphatic carbocycles. The van der Waals surface area contributed by atoms with E-state index in [9.17, 15) is 35.4 Å². The van der Waals surface area contributed by atoms with E-state index in [4.69, 9.17) is 23.4 Å². The summed E-state index contributed by atoms with van der Waals surface area (Å²) in [4.78, 5) is 12.8. The molecule has 4 fully saturated rings. The molecule has 6 bridgehead atoms. The number of furan rings is 1. The Hall–Kier alpha value is -2.31. The molecule has 7 N–H and O–H groups in total. The van der Waals surface area contributed by atoms with E-state index in [1.807, 2.05) is 6.07 Å². The van der Waals surface area contributed by atoms with Gasteiger partial charge in [-0.3, -0.25) is 4.79 Å². The van der Waals surface area contributed by atoms with Crippen LogP contribution in [0.3, 0.4) is 0 Å². The van der Waals surface area contributed by atoms with Crippen LogP contribution >= 0.6 is 21.6 Å². The number of carbonyl (C=O) groups is 1. The Bertz CT molecular complexity index is 1900. The average molecular weight is 816 g/mol. The first-order chi connectivity index (χ1) is 27.0. The van der Waals surface area contributed by atoms with Crippen LogP contribution in [0.2, 0.25) is 0 Å². The lowest BCUT2D eigenvalue weighted by molar-refractivity contribution is -0.451. The van der Waals surface area contributed by atoms with Crippen molar-refractivity contribution in [2.45, 2.75) is 122 Å². The van der Waals surface area contributed by atoms with Gasteiger partial charge >= 0.3 is 5.97 Å². The number of nitrogens with one attached hydrogen (secondary N) is 1. The van der Waals surface area contributed by atoms with Gasteiger partial charge in [-0.25, -0.2) is 0 Å². The Morgan fingerprint density at radius 1 is 1.11 bits per heavy atom. The number of hydrogen-bond donors (Lipinski definition) is 7. The number of rotatable bonds is 6. The normalized spacial score (nSPS) is 41.1. The van der Waals surface area contributed by atoms with Gasteiger partial charge in [-0.2, -0.15) is 0 Å². The molecule has 11 atom stereocenters. The van der Waals surface area contributed by atoms with Gasteiger partial charge in [-0.15, -0.1) is 0 Å². The third-order valence-electron chi connectivity index (χ3n) is 13.9. The topological polar surface area (TPSA) is 201 Å². The molecule has 11 unspecified atom stereocenters. The number of allylic oxidation sites excluding steroid dienone is 1. The fourth-order valence-corrected chi connectivity index (χ4v) is 15.2. The molecule has 9 rings (SSSR count). The van der Waals surface area contributed by atoms with Crippen molar-refractivity contribution in [1.82, 2.24) is 5.32 Å². The molecule has 13 nitrogen and oxygen atoms in total. The second-order valence-electron chi connectivity index (χ2n) is 17.0. The van der Waals surface area contributed by atoms with Gasteiger partial charge in [-0.05, 0) is 75.1 Å². The molecular formula is C41H53NO12S2. The van der Waals surface area contributed by atoms with Crippen LogP contribution in [-0.4, -0.2) is 120 Å². The van der Waals surface area contributed by atoms with Crippen LogP contribution < -0.4 is 14.8 Å². The highest BCUT2D eigenvalue weighted by Crippen LogP contribution is 2.68. The molecule has 0 radical (unpaired) electrons. The van der Waals surface area contributed by atoms with Crippen molar-refractivity contribution < 1.29 is 58.8 Å². The summed E-state index contributed by atoms with van der Waals surface area (Å²) in [6.45, 7) is 1.91. The lowest BCUT2D eigenvalue weighted by Gasteiger charge is -2.72. The quantitative estimate of drug-likeness (QED) is 0.127. The highest BCUT2D eigenvalue weighted by Gasteiger charge is 2.84. The molecule has 1 aromatic heterocycles. The summed E-state index contributed by atoms with van der Waals surface area (Å²) in [5.41, 5.74) is -4.97. The minimum atomic E-state index is -2.51. The fourth-order valence-electron chi connectivity index (χ4n) is 11.1. The molecule has 7 aliphatic rings. The number of hydrogen-bond acceptors (Lipinski definition) is 15. The van der Waals surface area contributed by atoms with E-state index in [2.05, 4.69) is 5.32 Å². The third kappa shape index (κ3) is 5.70. The molecule has 2 saturated carbocycles. The van der Waals surface area contributed by atoms with Crippen LogP contribution in [0.1, 0.15) is 70.3 Å². The standard InChI is InChI=1S/C41H53NO12S2/c1-2-50-30(46)11-8-23-16-24-12-15-51-32(24)34-33(23)53-40-18-26-6-9-27(52-34)19-42-21-37(13-4-3-5-14-37)56-55-35(26)39(22-44,54-40)38(48)17-25-7-10-29(45)28(20-43)31(25)41(40,49)36(38)47/h7,10,12,15-16,18,25,27-29,31,35-36,42-45,47-49H,2-6,8-9,11,13-14,17,19-22H2,1H3.